The molecule has 9 nitrogen and oxygen atoms in total. The maximum absolute atomic E-state index is 13.7. The van der Waals surface area contributed by atoms with E-state index >= 15 is 0 Å². The summed E-state index contributed by atoms with van der Waals surface area (Å²) in [5, 5.41) is 17.2. The van der Waals surface area contributed by atoms with Gasteiger partial charge in [0.1, 0.15) is 17.7 Å². The van der Waals surface area contributed by atoms with E-state index in [1.54, 1.807) is 24.3 Å². The maximum Gasteiger partial charge on any atom is 0.319 e. The van der Waals surface area contributed by atoms with Gasteiger partial charge in [-0.1, -0.05) is 18.2 Å². The summed E-state index contributed by atoms with van der Waals surface area (Å²) >= 11 is 0. The summed E-state index contributed by atoms with van der Waals surface area (Å²) < 4.78 is 43.3. The molecule has 0 spiro atoms. The van der Waals surface area contributed by atoms with Crippen molar-refractivity contribution in [2.45, 2.75) is 31.2 Å². The van der Waals surface area contributed by atoms with Gasteiger partial charge in [0.25, 0.3) is 0 Å². The third-order valence-electron chi connectivity index (χ3n) is 5.25. The molecule has 34 heavy (non-hydrogen) atoms. The Morgan fingerprint density at radius 1 is 1.06 bits per heavy atom. The summed E-state index contributed by atoms with van der Waals surface area (Å²) in [5.74, 6) is -0.486. The second-order valence-electron chi connectivity index (χ2n) is 7.70. The zero-order valence-corrected chi connectivity index (χ0v) is 17.9. The predicted molar refractivity (Wildman–Crippen MR) is 116 cm³/mol. The van der Waals surface area contributed by atoms with Crippen LogP contribution in [0.2, 0.25) is 0 Å². The Kier molecular flexibility index (Phi) is 7.24. The Bertz CT molecular complexity index is 1100. The number of carbonyl (C=O) groups excluding carboxylic acids is 2. The molecule has 4 rings (SSSR count). The van der Waals surface area contributed by atoms with E-state index in [1.165, 1.54) is 0 Å². The average molecular weight is 475 g/mol. The minimum atomic E-state index is -0.834. The van der Waals surface area contributed by atoms with Crippen LogP contribution in [0.4, 0.5) is 19.3 Å². The van der Waals surface area contributed by atoms with Crippen LogP contribution in [0.1, 0.15) is 12.0 Å². The second-order valence-corrected chi connectivity index (χ2v) is 7.70. The van der Waals surface area contributed by atoms with Gasteiger partial charge in [0.05, 0.1) is 30.9 Å². The summed E-state index contributed by atoms with van der Waals surface area (Å²) in [6.07, 6.45) is 1.74. The van der Waals surface area contributed by atoms with Gasteiger partial charge in [-0.15, -0.1) is 0 Å². The van der Waals surface area contributed by atoms with Crippen LogP contribution < -0.4 is 25.4 Å². The SMILES string of the molecule is O=C(C[C@H]1C=C[C@@H](NC(=O)Nc2cc(F)ccc2F)[C@H](CO)O1)NCc1ccc2c(c1)OCO2. The van der Waals surface area contributed by atoms with Crippen molar-refractivity contribution in [2.24, 2.45) is 0 Å². The van der Waals surface area contributed by atoms with Crippen LogP contribution in [-0.2, 0) is 16.1 Å². The first kappa shape index (κ1) is 23.5. The number of aliphatic hydroxyl groups excluding tert-OH is 1. The Hall–Kier alpha value is -3.70. The summed E-state index contributed by atoms with van der Waals surface area (Å²) in [4.78, 5) is 24.5. The summed E-state index contributed by atoms with van der Waals surface area (Å²) in [5.41, 5.74) is 0.520. The lowest BCUT2D eigenvalue weighted by Gasteiger charge is -2.31. The highest BCUT2D eigenvalue weighted by molar-refractivity contribution is 5.89. The number of amides is 3. The Morgan fingerprint density at radius 2 is 1.88 bits per heavy atom. The molecule has 0 saturated heterocycles. The van der Waals surface area contributed by atoms with E-state index < -0.39 is 42.5 Å². The number of halogens is 2. The number of hydrogen-bond donors (Lipinski definition) is 4. The lowest BCUT2D eigenvalue weighted by atomic mass is 10.0. The molecule has 0 bridgehead atoms. The second kappa shape index (κ2) is 10.5. The van der Waals surface area contributed by atoms with Crippen molar-refractivity contribution in [3.63, 3.8) is 0 Å². The number of anilines is 1. The lowest BCUT2D eigenvalue weighted by Crippen LogP contribution is -2.50. The van der Waals surface area contributed by atoms with Gasteiger partial charge in [-0.2, -0.15) is 0 Å². The van der Waals surface area contributed by atoms with Gasteiger partial charge < -0.3 is 35.3 Å². The predicted octanol–water partition coefficient (Wildman–Crippen LogP) is 2.21. The number of benzene rings is 2. The number of carbonyl (C=O) groups is 2. The molecule has 2 aromatic rings. The molecular formula is C23H23F2N3O6. The molecule has 0 saturated carbocycles. The largest absolute Gasteiger partial charge is 0.454 e. The van der Waals surface area contributed by atoms with Crippen LogP contribution in [0.25, 0.3) is 0 Å². The van der Waals surface area contributed by atoms with Crippen molar-refractivity contribution in [3.8, 4) is 11.5 Å². The summed E-state index contributed by atoms with van der Waals surface area (Å²) in [6.45, 7) is 0.0248. The van der Waals surface area contributed by atoms with Gasteiger partial charge in [-0.05, 0) is 29.8 Å². The molecule has 0 fully saturated rings. The van der Waals surface area contributed by atoms with Crippen molar-refractivity contribution in [3.05, 3.63) is 65.7 Å². The molecule has 0 unspecified atom stereocenters. The first-order valence-electron chi connectivity index (χ1n) is 10.5. The number of nitrogens with one attached hydrogen (secondary N) is 3. The number of fused-ring (bicyclic) bond motifs is 1. The van der Waals surface area contributed by atoms with Crippen LogP contribution in [-0.4, -0.2) is 48.7 Å². The smallest absolute Gasteiger partial charge is 0.319 e. The fourth-order valence-corrected chi connectivity index (χ4v) is 3.55. The van der Waals surface area contributed by atoms with Crippen molar-refractivity contribution < 1.29 is 37.7 Å². The normalized spacial score (nSPS) is 20.6. The monoisotopic (exact) mass is 475 g/mol. The standard InChI is InChI=1S/C23H23F2N3O6/c24-14-2-4-16(25)18(8-14)28-23(31)27-17-5-3-15(34-21(17)11-29)9-22(30)26-10-13-1-6-19-20(7-13)33-12-32-19/h1-8,15,17,21,29H,9-12H2,(H,26,30)(H2,27,28,31)/t15-,17-,21+/m1/s1. The molecule has 3 amide bonds. The molecule has 2 aliphatic rings. The molecule has 3 atom stereocenters. The zero-order valence-electron chi connectivity index (χ0n) is 17.9. The lowest BCUT2D eigenvalue weighted by molar-refractivity contribution is -0.125. The molecule has 180 valence electrons. The number of ether oxygens (including phenoxy) is 3. The van der Waals surface area contributed by atoms with E-state index in [9.17, 15) is 23.5 Å². The molecule has 2 heterocycles. The van der Waals surface area contributed by atoms with Crippen molar-refractivity contribution >= 4 is 17.6 Å². The van der Waals surface area contributed by atoms with Gasteiger partial charge in [0.15, 0.2) is 11.5 Å². The van der Waals surface area contributed by atoms with Crippen molar-refractivity contribution in [1.29, 1.82) is 0 Å². The van der Waals surface area contributed by atoms with E-state index in [2.05, 4.69) is 16.0 Å². The van der Waals surface area contributed by atoms with Crippen LogP contribution in [0.5, 0.6) is 11.5 Å². The van der Waals surface area contributed by atoms with Crippen molar-refractivity contribution in [2.75, 3.05) is 18.7 Å². The van der Waals surface area contributed by atoms with Gasteiger partial charge in [0, 0.05) is 12.6 Å². The third kappa shape index (κ3) is 5.80. The Balaban J connectivity index is 1.27. The van der Waals surface area contributed by atoms with E-state index in [1.807, 2.05) is 6.07 Å². The third-order valence-corrected chi connectivity index (χ3v) is 5.25. The number of rotatable bonds is 7. The topological polar surface area (TPSA) is 118 Å². The molecule has 11 heteroatoms. The average Bonchev–Trinajstić information content (AvgIpc) is 3.29. The fraction of sp³-hybridized carbons (Fsp3) is 0.304. The van der Waals surface area contributed by atoms with E-state index in [0.717, 1.165) is 23.8 Å². The van der Waals surface area contributed by atoms with Crippen LogP contribution >= 0.6 is 0 Å². The Morgan fingerprint density at radius 3 is 2.71 bits per heavy atom. The van der Waals surface area contributed by atoms with Gasteiger partial charge in [0.2, 0.25) is 12.7 Å². The number of aliphatic hydroxyl groups is 1. The molecular weight excluding hydrogens is 452 g/mol. The first-order chi connectivity index (χ1) is 16.4. The molecule has 0 aromatic heterocycles. The number of hydrogen-bond acceptors (Lipinski definition) is 6. The van der Waals surface area contributed by atoms with Gasteiger partial charge in [-0.25, -0.2) is 13.6 Å². The fourth-order valence-electron chi connectivity index (χ4n) is 3.55. The minimum absolute atomic E-state index is 0.00493. The molecule has 2 aromatic carbocycles. The zero-order chi connectivity index (χ0) is 24.1. The van der Waals surface area contributed by atoms with E-state index in [4.69, 9.17) is 14.2 Å². The maximum atomic E-state index is 13.7. The van der Waals surface area contributed by atoms with Crippen LogP contribution in [0, 0.1) is 11.6 Å². The minimum Gasteiger partial charge on any atom is -0.454 e. The molecule has 4 N–H and O–H groups in total. The first-order valence-corrected chi connectivity index (χ1v) is 10.5. The highest BCUT2D eigenvalue weighted by Crippen LogP contribution is 2.32. The molecule has 0 aliphatic carbocycles. The summed E-state index contributed by atoms with van der Waals surface area (Å²) in [7, 11) is 0. The van der Waals surface area contributed by atoms with Gasteiger partial charge >= 0.3 is 6.03 Å². The highest BCUT2D eigenvalue weighted by atomic mass is 19.1. The van der Waals surface area contributed by atoms with Crippen LogP contribution in [0.3, 0.4) is 0 Å². The van der Waals surface area contributed by atoms with E-state index in [-0.39, 0.29) is 31.4 Å². The van der Waals surface area contributed by atoms with Crippen LogP contribution in [0.15, 0.2) is 48.6 Å². The molecule has 2 aliphatic heterocycles. The summed E-state index contributed by atoms with van der Waals surface area (Å²) in [6, 6.07) is 6.52. The number of urea groups is 1. The highest BCUT2D eigenvalue weighted by Gasteiger charge is 2.29. The van der Waals surface area contributed by atoms with Gasteiger partial charge in [-0.3, -0.25) is 4.79 Å². The Labute approximate surface area is 193 Å². The van der Waals surface area contributed by atoms with E-state index in [0.29, 0.717) is 11.5 Å². The molecule has 0 radical (unpaired) electrons. The quantitative estimate of drug-likeness (QED) is 0.456. The van der Waals surface area contributed by atoms with Crippen molar-refractivity contribution in [1.82, 2.24) is 10.6 Å².